The molecule has 4 aliphatic carbocycles. The Hall–Kier alpha value is -0.370. The molecule has 0 aromatic heterocycles. The number of carbonyl (C=O) groups excluding carboxylic acids is 1. The summed E-state index contributed by atoms with van der Waals surface area (Å²) in [5.74, 6) is 5.17. The molecule has 0 spiro atoms. The molecule has 1 N–H and O–H groups in total. The average Bonchev–Trinajstić information content (AvgIpc) is 2.80. The van der Waals surface area contributed by atoms with Crippen LogP contribution >= 0.6 is 0 Å². The minimum absolute atomic E-state index is 0.143. The quantitative estimate of drug-likeness (QED) is 0.788. The predicted octanol–water partition coefficient (Wildman–Crippen LogP) is 4.21. The first kappa shape index (κ1) is 15.2. The van der Waals surface area contributed by atoms with E-state index in [2.05, 4.69) is 6.92 Å². The van der Waals surface area contributed by atoms with E-state index < -0.39 is 0 Å². The molecule has 4 saturated carbocycles. The third-order valence-corrected chi connectivity index (χ3v) is 8.36. The highest BCUT2D eigenvalue weighted by atomic mass is 16.3. The molecule has 0 radical (unpaired) electrons. The molecule has 8 atom stereocenters. The number of carbonyl (C=O) groups is 1. The fraction of sp³-hybridized carbons (Fsp3) is 0.950. The van der Waals surface area contributed by atoms with E-state index in [1.807, 2.05) is 6.92 Å². The molecule has 0 unspecified atom stereocenters. The molecule has 0 aliphatic heterocycles. The van der Waals surface area contributed by atoms with Crippen molar-refractivity contribution in [3.8, 4) is 0 Å². The van der Waals surface area contributed by atoms with Crippen LogP contribution in [-0.2, 0) is 4.79 Å². The molecule has 124 valence electrons. The molecule has 2 heteroatoms. The van der Waals surface area contributed by atoms with Gasteiger partial charge in [-0.3, -0.25) is 4.79 Å². The number of ketones is 1. The summed E-state index contributed by atoms with van der Waals surface area (Å²) in [6.07, 6.45) is 10.7. The van der Waals surface area contributed by atoms with Crippen molar-refractivity contribution in [3.05, 3.63) is 0 Å². The van der Waals surface area contributed by atoms with Gasteiger partial charge in [-0.25, -0.2) is 0 Å². The summed E-state index contributed by atoms with van der Waals surface area (Å²) in [6, 6.07) is 0. The zero-order valence-electron chi connectivity index (χ0n) is 14.3. The Morgan fingerprint density at radius 2 is 1.86 bits per heavy atom. The van der Waals surface area contributed by atoms with E-state index in [9.17, 15) is 9.90 Å². The van der Waals surface area contributed by atoms with Crippen molar-refractivity contribution >= 4 is 5.78 Å². The van der Waals surface area contributed by atoms with Crippen LogP contribution in [0.4, 0.5) is 0 Å². The van der Waals surface area contributed by atoms with Gasteiger partial charge in [0.1, 0.15) is 5.78 Å². The van der Waals surface area contributed by atoms with Crippen molar-refractivity contribution in [2.45, 2.75) is 77.7 Å². The number of aliphatic hydroxyl groups is 1. The van der Waals surface area contributed by atoms with Crippen molar-refractivity contribution in [2.75, 3.05) is 0 Å². The topological polar surface area (TPSA) is 37.3 Å². The zero-order chi connectivity index (χ0) is 15.5. The van der Waals surface area contributed by atoms with Crippen LogP contribution in [0.15, 0.2) is 0 Å². The Balaban J connectivity index is 1.55. The second kappa shape index (κ2) is 5.33. The van der Waals surface area contributed by atoms with Crippen molar-refractivity contribution in [3.63, 3.8) is 0 Å². The summed E-state index contributed by atoms with van der Waals surface area (Å²) in [6.45, 7) is 4.49. The van der Waals surface area contributed by atoms with E-state index in [1.165, 1.54) is 44.9 Å². The SMILES string of the molecule is C[C@@H](O)[C@H]1CC[C@H]2C[C@@H]3[C@H](CC[C@H]4CC(=O)CC[C@@H]43)C[C@@]21C. The Kier molecular flexibility index (Phi) is 3.67. The van der Waals surface area contributed by atoms with E-state index >= 15 is 0 Å². The summed E-state index contributed by atoms with van der Waals surface area (Å²) >= 11 is 0. The maximum atomic E-state index is 11.8. The zero-order valence-corrected chi connectivity index (χ0v) is 14.3. The third kappa shape index (κ3) is 2.20. The van der Waals surface area contributed by atoms with Crippen molar-refractivity contribution in [1.82, 2.24) is 0 Å². The lowest BCUT2D eigenvalue weighted by Gasteiger charge is -2.55. The maximum absolute atomic E-state index is 11.8. The van der Waals surface area contributed by atoms with Gasteiger partial charge >= 0.3 is 0 Å². The second-order valence-electron chi connectivity index (χ2n) is 9.27. The third-order valence-electron chi connectivity index (χ3n) is 8.36. The molecule has 0 amide bonds. The summed E-state index contributed by atoms with van der Waals surface area (Å²) < 4.78 is 0. The van der Waals surface area contributed by atoms with Crippen molar-refractivity contribution in [1.29, 1.82) is 0 Å². The van der Waals surface area contributed by atoms with Crippen LogP contribution in [-0.4, -0.2) is 17.0 Å². The molecule has 4 aliphatic rings. The molecule has 0 saturated heterocycles. The Morgan fingerprint density at radius 3 is 2.64 bits per heavy atom. The van der Waals surface area contributed by atoms with Gasteiger partial charge in [0.15, 0.2) is 0 Å². The lowest BCUT2D eigenvalue weighted by Crippen LogP contribution is -2.48. The van der Waals surface area contributed by atoms with E-state index in [0.29, 0.717) is 23.0 Å². The van der Waals surface area contributed by atoms with Crippen LogP contribution in [0.3, 0.4) is 0 Å². The van der Waals surface area contributed by atoms with E-state index in [4.69, 9.17) is 0 Å². The fourth-order valence-electron chi connectivity index (χ4n) is 7.34. The van der Waals surface area contributed by atoms with Crippen LogP contribution in [0.2, 0.25) is 0 Å². The fourth-order valence-corrected chi connectivity index (χ4v) is 7.34. The largest absolute Gasteiger partial charge is 0.393 e. The highest BCUT2D eigenvalue weighted by Crippen LogP contribution is 2.63. The lowest BCUT2D eigenvalue weighted by molar-refractivity contribution is -0.127. The molecular formula is C20H32O2. The van der Waals surface area contributed by atoms with E-state index in [1.54, 1.807) is 0 Å². The van der Waals surface area contributed by atoms with Crippen LogP contribution in [0.1, 0.15) is 71.6 Å². The summed E-state index contributed by atoms with van der Waals surface area (Å²) in [5, 5.41) is 10.2. The van der Waals surface area contributed by atoms with Gasteiger partial charge in [-0.1, -0.05) is 6.92 Å². The first-order chi connectivity index (χ1) is 10.5. The highest BCUT2D eigenvalue weighted by Gasteiger charge is 2.56. The standard InChI is InChI=1S/C20H32O2/c1-12(21)19-8-5-15-10-18-14(11-20(15,19)2)4-3-13-9-16(22)6-7-17(13)18/h12-15,17-19,21H,3-11H2,1-2H3/t12-,13+,14-,15+,17+,18-,19-,20+/m1/s1. The number of hydrogen-bond acceptors (Lipinski definition) is 2. The van der Waals surface area contributed by atoms with Gasteiger partial charge in [-0.15, -0.1) is 0 Å². The average molecular weight is 304 g/mol. The Labute approximate surface area is 135 Å². The minimum atomic E-state index is -0.143. The molecule has 0 aromatic carbocycles. The monoisotopic (exact) mass is 304 g/mol. The van der Waals surface area contributed by atoms with Gasteiger partial charge in [0.2, 0.25) is 0 Å². The second-order valence-corrected chi connectivity index (χ2v) is 9.27. The maximum Gasteiger partial charge on any atom is 0.133 e. The van der Waals surface area contributed by atoms with Gasteiger partial charge in [-0.05, 0) is 92.8 Å². The van der Waals surface area contributed by atoms with E-state index in [0.717, 1.165) is 36.5 Å². The molecule has 0 aromatic rings. The van der Waals surface area contributed by atoms with Crippen LogP contribution < -0.4 is 0 Å². The summed E-state index contributed by atoms with van der Waals surface area (Å²) in [5.41, 5.74) is 0.382. The molecule has 0 heterocycles. The number of fused-ring (bicyclic) bond motifs is 4. The number of hydrogen-bond donors (Lipinski definition) is 1. The van der Waals surface area contributed by atoms with Crippen molar-refractivity contribution in [2.24, 2.45) is 40.9 Å². The molecule has 0 bridgehead atoms. The number of rotatable bonds is 1. The first-order valence-electron chi connectivity index (χ1n) is 9.69. The van der Waals surface area contributed by atoms with Crippen LogP contribution in [0.5, 0.6) is 0 Å². The van der Waals surface area contributed by atoms with Crippen LogP contribution in [0, 0.1) is 40.9 Å². The van der Waals surface area contributed by atoms with Gasteiger partial charge in [0.25, 0.3) is 0 Å². The molecule has 22 heavy (non-hydrogen) atoms. The van der Waals surface area contributed by atoms with Gasteiger partial charge < -0.3 is 5.11 Å². The van der Waals surface area contributed by atoms with Crippen LogP contribution in [0.25, 0.3) is 0 Å². The first-order valence-corrected chi connectivity index (χ1v) is 9.69. The van der Waals surface area contributed by atoms with Gasteiger partial charge in [-0.2, -0.15) is 0 Å². The number of aliphatic hydroxyl groups excluding tert-OH is 1. The summed E-state index contributed by atoms with van der Waals surface area (Å²) in [4.78, 5) is 11.8. The minimum Gasteiger partial charge on any atom is -0.393 e. The number of Topliss-reactive ketones (excluding diaryl/α,β-unsaturated/α-hetero) is 1. The normalized spacial score (nSPS) is 52.6. The van der Waals surface area contributed by atoms with Gasteiger partial charge in [0.05, 0.1) is 6.10 Å². The predicted molar refractivity (Wildman–Crippen MR) is 87.3 cm³/mol. The summed E-state index contributed by atoms with van der Waals surface area (Å²) in [7, 11) is 0. The van der Waals surface area contributed by atoms with E-state index in [-0.39, 0.29) is 6.10 Å². The highest BCUT2D eigenvalue weighted by molar-refractivity contribution is 5.79. The molecular weight excluding hydrogens is 272 g/mol. The smallest absolute Gasteiger partial charge is 0.133 e. The van der Waals surface area contributed by atoms with Crippen molar-refractivity contribution < 1.29 is 9.90 Å². The lowest BCUT2D eigenvalue weighted by atomic mass is 9.50. The van der Waals surface area contributed by atoms with Gasteiger partial charge in [0, 0.05) is 12.8 Å². The Bertz CT molecular complexity index is 457. The molecule has 2 nitrogen and oxygen atoms in total. The Morgan fingerprint density at radius 1 is 1.09 bits per heavy atom. The molecule has 4 rings (SSSR count). The molecule has 4 fully saturated rings.